The lowest BCUT2D eigenvalue weighted by Crippen LogP contribution is -2.28. The number of nitrogens with zero attached hydrogens (tertiary/aromatic N) is 4. The molecule has 2 aromatic rings. The molecule has 1 fully saturated rings. The molecule has 1 atom stereocenters. The summed E-state index contributed by atoms with van der Waals surface area (Å²) in [5.41, 5.74) is 7.72. The minimum Gasteiger partial charge on any atom is -0.326 e. The molecule has 0 amide bonds. The molecule has 1 unspecified atom stereocenters. The highest BCUT2D eigenvalue weighted by Gasteiger charge is 2.25. The fraction of sp³-hybridized carbons (Fsp3) is 0.600. The Labute approximate surface area is 119 Å². The average molecular weight is 273 g/mol. The summed E-state index contributed by atoms with van der Waals surface area (Å²) in [5, 5.41) is 8.68. The average Bonchev–Trinajstić information content (AvgIpc) is 3.06. The van der Waals surface area contributed by atoms with E-state index in [0.717, 1.165) is 23.5 Å². The molecule has 0 bridgehead atoms. The predicted octanol–water partition coefficient (Wildman–Crippen LogP) is 1.46. The molecule has 3 heterocycles. The summed E-state index contributed by atoms with van der Waals surface area (Å²) >= 11 is 0. The van der Waals surface area contributed by atoms with Crippen LogP contribution in [0.3, 0.4) is 0 Å². The summed E-state index contributed by atoms with van der Waals surface area (Å²) in [7, 11) is 0. The molecule has 0 radical (unpaired) electrons. The van der Waals surface area contributed by atoms with Gasteiger partial charge in [0.05, 0.1) is 0 Å². The van der Waals surface area contributed by atoms with E-state index in [-0.39, 0.29) is 0 Å². The summed E-state index contributed by atoms with van der Waals surface area (Å²) in [5.74, 6) is 1.75. The Morgan fingerprint density at radius 3 is 2.95 bits per heavy atom. The van der Waals surface area contributed by atoms with Gasteiger partial charge in [0.2, 0.25) is 0 Å². The Morgan fingerprint density at radius 1 is 1.40 bits per heavy atom. The van der Waals surface area contributed by atoms with E-state index in [4.69, 9.17) is 5.73 Å². The molecule has 0 aliphatic carbocycles. The summed E-state index contributed by atoms with van der Waals surface area (Å²) in [6.45, 7) is 7.41. The molecule has 2 N–H and O–H groups in total. The minimum absolute atomic E-state index is 0.507. The van der Waals surface area contributed by atoms with Crippen LogP contribution >= 0.6 is 0 Å². The molecule has 5 nitrogen and oxygen atoms in total. The van der Waals surface area contributed by atoms with Crippen molar-refractivity contribution in [1.82, 2.24) is 19.5 Å². The Hall–Kier alpha value is -1.46. The second kappa shape index (κ2) is 5.50. The van der Waals surface area contributed by atoms with Crippen LogP contribution < -0.4 is 5.73 Å². The number of likely N-dealkylation sites (tertiary alicyclic amines) is 1. The zero-order valence-electron chi connectivity index (χ0n) is 12.3. The zero-order chi connectivity index (χ0) is 14.1. The van der Waals surface area contributed by atoms with Crippen molar-refractivity contribution in [2.45, 2.75) is 39.3 Å². The topological polar surface area (TPSA) is 59.5 Å². The van der Waals surface area contributed by atoms with Crippen LogP contribution in [0, 0.1) is 5.92 Å². The number of fused-ring (bicyclic) bond motifs is 1. The van der Waals surface area contributed by atoms with Crippen molar-refractivity contribution in [3.8, 4) is 0 Å². The van der Waals surface area contributed by atoms with Crippen molar-refractivity contribution >= 4 is 5.65 Å². The van der Waals surface area contributed by atoms with Gasteiger partial charge in [-0.1, -0.05) is 6.07 Å². The SMILES string of the molecule is CC(C)N1CCC(Cc2nnc3c(CN)cccn23)C1. The van der Waals surface area contributed by atoms with E-state index in [2.05, 4.69) is 33.3 Å². The quantitative estimate of drug-likeness (QED) is 0.916. The van der Waals surface area contributed by atoms with Gasteiger partial charge < -0.3 is 10.6 Å². The van der Waals surface area contributed by atoms with Crippen LogP contribution in [0.1, 0.15) is 31.7 Å². The largest absolute Gasteiger partial charge is 0.326 e. The first kappa shape index (κ1) is 13.5. The molecule has 0 aromatic carbocycles. The monoisotopic (exact) mass is 273 g/mol. The first-order valence-corrected chi connectivity index (χ1v) is 7.44. The van der Waals surface area contributed by atoms with Gasteiger partial charge in [0.25, 0.3) is 0 Å². The third-order valence-corrected chi connectivity index (χ3v) is 4.32. The molecule has 108 valence electrons. The van der Waals surface area contributed by atoms with Gasteiger partial charge in [0, 0.05) is 37.3 Å². The van der Waals surface area contributed by atoms with Gasteiger partial charge in [-0.2, -0.15) is 0 Å². The van der Waals surface area contributed by atoms with Crippen LogP contribution in [0.15, 0.2) is 18.3 Å². The van der Waals surface area contributed by atoms with Crippen LogP contribution in [0.2, 0.25) is 0 Å². The Morgan fingerprint density at radius 2 is 2.25 bits per heavy atom. The van der Waals surface area contributed by atoms with Crippen molar-refractivity contribution < 1.29 is 0 Å². The normalized spacial score (nSPS) is 20.3. The van der Waals surface area contributed by atoms with Crippen LogP contribution in [-0.4, -0.2) is 38.6 Å². The van der Waals surface area contributed by atoms with E-state index in [1.165, 1.54) is 19.5 Å². The van der Waals surface area contributed by atoms with E-state index in [9.17, 15) is 0 Å². The van der Waals surface area contributed by atoms with Gasteiger partial charge in [-0.15, -0.1) is 10.2 Å². The highest BCUT2D eigenvalue weighted by molar-refractivity contribution is 5.47. The van der Waals surface area contributed by atoms with Crippen molar-refractivity contribution in [1.29, 1.82) is 0 Å². The standard InChI is InChI=1S/C15H23N5/c1-11(2)19-7-5-12(10-19)8-14-17-18-15-13(9-16)4-3-6-20(14)15/h3-4,6,11-12H,5,7-10,16H2,1-2H3. The number of pyridine rings is 1. The lowest BCUT2D eigenvalue weighted by molar-refractivity contribution is 0.264. The van der Waals surface area contributed by atoms with E-state index in [1.807, 2.05) is 18.3 Å². The van der Waals surface area contributed by atoms with Crippen molar-refractivity contribution in [3.05, 3.63) is 29.7 Å². The number of aromatic nitrogens is 3. The maximum absolute atomic E-state index is 5.75. The Balaban J connectivity index is 1.79. The second-order valence-electron chi connectivity index (χ2n) is 5.99. The summed E-state index contributed by atoms with van der Waals surface area (Å²) in [6.07, 6.45) is 4.29. The summed E-state index contributed by atoms with van der Waals surface area (Å²) in [4.78, 5) is 2.54. The molecule has 1 aliphatic rings. The highest BCUT2D eigenvalue weighted by atomic mass is 15.2. The maximum Gasteiger partial charge on any atom is 0.165 e. The summed E-state index contributed by atoms with van der Waals surface area (Å²) in [6, 6.07) is 4.68. The minimum atomic E-state index is 0.507. The van der Waals surface area contributed by atoms with Gasteiger partial charge in [-0.3, -0.25) is 4.40 Å². The van der Waals surface area contributed by atoms with Gasteiger partial charge in [-0.05, 0) is 38.8 Å². The van der Waals surface area contributed by atoms with Crippen molar-refractivity contribution in [3.63, 3.8) is 0 Å². The number of nitrogens with two attached hydrogens (primary N) is 1. The molecule has 0 saturated carbocycles. The number of hydrogen-bond donors (Lipinski definition) is 1. The zero-order valence-corrected chi connectivity index (χ0v) is 12.3. The van der Waals surface area contributed by atoms with Gasteiger partial charge in [0.1, 0.15) is 5.82 Å². The highest BCUT2D eigenvalue weighted by Crippen LogP contribution is 2.22. The van der Waals surface area contributed by atoms with Gasteiger partial charge >= 0.3 is 0 Å². The van der Waals surface area contributed by atoms with Gasteiger partial charge in [-0.25, -0.2) is 0 Å². The lowest BCUT2D eigenvalue weighted by atomic mass is 10.0. The second-order valence-corrected chi connectivity index (χ2v) is 5.99. The molecule has 3 rings (SSSR count). The van der Waals surface area contributed by atoms with Crippen LogP contribution in [-0.2, 0) is 13.0 Å². The van der Waals surface area contributed by atoms with Crippen LogP contribution in [0.4, 0.5) is 0 Å². The molecule has 5 heteroatoms. The molecular formula is C15H23N5. The molecule has 1 saturated heterocycles. The third-order valence-electron chi connectivity index (χ3n) is 4.32. The van der Waals surface area contributed by atoms with E-state index < -0.39 is 0 Å². The third kappa shape index (κ3) is 2.43. The maximum atomic E-state index is 5.75. The van der Waals surface area contributed by atoms with Gasteiger partial charge in [0.15, 0.2) is 5.65 Å². The molecule has 20 heavy (non-hydrogen) atoms. The summed E-state index contributed by atoms with van der Waals surface area (Å²) < 4.78 is 2.10. The van der Waals surface area contributed by atoms with E-state index in [1.54, 1.807) is 0 Å². The molecule has 1 aliphatic heterocycles. The van der Waals surface area contributed by atoms with Crippen molar-refractivity contribution in [2.24, 2.45) is 11.7 Å². The smallest absolute Gasteiger partial charge is 0.165 e. The predicted molar refractivity (Wildman–Crippen MR) is 79.4 cm³/mol. The molecular weight excluding hydrogens is 250 g/mol. The fourth-order valence-electron chi connectivity index (χ4n) is 3.07. The fourth-order valence-corrected chi connectivity index (χ4v) is 3.07. The lowest BCUT2D eigenvalue weighted by Gasteiger charge is -2.20. The number of hydrogen-bond acceptors (Lipinski definition) is 4. The van der Waals surface area contributed by atoms with Crippen molar-refractivity contribution in [2.75, 3.05) is 13.1 Å². The number of rotatable bonds is 4. The van der Waals surface area contributed by atoms with Crippen LogP contribution in [0.5, 0.6) is 0 Å². The first-order valence-electron chi connectivity index (χ1n) is 7.44. The first-order chi connectivity index (χ1) is 9.69. The molecule has 0 spiro atoms. The Kier molecular flexibility index (Phi) is 3.72. The van der Waals surface area contributed by atoms with Crippen LogP contribution in [0.25, 0.3) is 5.65 Å². The molecule has 2 aromatic heterocycles. The van der Waals surface area contributed by atoms with E-state index in [0.29, 0.717) is 18.5 Å². The van der Waals surface area contributed by atoms with E-state index >= 15 is 0 Å². The Bertz CT molecular complexity index is 589.